The van der Waals surface area contributed by atoms with Crippen molar-refractivity contribution in [2.24, 2.45) is 0 Å². The maximum atomic E-state index is 11.2. The molecule has 82 valence electrons. The predicted molar refractivity (Wildman–Crippen MR) is 61.6 cm³/mol. The van der Waals surface area contributed by atoms with E-state index in [0.717, 1.165) is 24.6 Å². The normalized spacial score (nSPS) is 17.0. The molecule has 0 aliphatic carbocycles. The number of carbonyl (C=O) groups is 1. The van der Waals surface area contributed by atoms with Crippen LogP contribution in [0.5, 0.6) is 0 Å². The van der Waals surface area contributed by atoms with Crippen molar-refractivity contribution in [3.8, 4) is 0 Å². The molecule has 16 heavy (non-hydrogen) atoms. The van der Waals surface area contributed by atoms with E-state index in [1.807, 2.05) is 18.3 Å². The summed E-state index contributed by atoms with van der Waals surface area (Å²) >= 11 is 0. The molecule has 0 saturated carbocycles. The van der Waals surface area contributed by atoms with Crippen LogP contribution >= 0.6 is 0 Å². The summed E-state index contributed by atoms with van der Waals surface area (Å²) in [5.41, 5.74) is 0.953. The summed E-state index contributed by atoms with van der Waals surface area (Å²) in [6, 6.07) is 6.07. The van der Waals surface area contributed by atoms with E-state index in [1.165, 1.54) is 0 Å². The SMILES string of the molecule is O=C1CCN(c2cccc3nccn23)CC1. The monoisotopic (exact) mass is 215 g/mol. The van der Waals surface area contributed by atoms with Gasteiger partial charge in [-0.25, -0.2) is 4.98 Å². The van der Waals surface area contributed by atoms with Gasteiger partial charge in [-0.05, 0) is 12.1 Å². The molecule has 0 aromatic carbocycles. The van der Waals surface area contributed by atoms with Crippen molar-refractivity contribution in [2.75, 3.05) is 18.0 Å². The molecule has 1 aliphatic heterocycles. The van der Waals surface area contributed by atoms with E-state index in [1.54, 1.807) is 6.20 Å². The van der Waals surface area contributed by atoms with Gasteiger partial charge >= 0.3 is 0 Å². The maximum absolute atomic E-state index is 11.2. The van der Waals surface area contributed by atoms with E-state index in [2.05, 4.69) is 20.4 Å². The lowest BCUT2D eigenvalue weighted by Gasteiger charge is -2.28. The lowest BCUT2D eigenvalue weighted by molar-refractivity contribution is -0.119. The van der Waals surface area contributed by atoms with Crippen LogP contribution in [0.4, 0.5) is 5.82 Å². The first-order valence-corrected chi connectivity index (χ1v) is 5.53. The van der Waals surface area contributed by atoms with E-state index < -0.39 is 0 Å². The van der Waals surface area contributed by atoms with Crippen molar-refractivity contribution in [1.82, 2.24) is 9.38 Å². The quantitative estimate of drug-likeness (QED) is 0.723. The van der Waals surface area contributed by atoms with Crippen LogP contribution < -0.4 is 4.90 Å². The van der Waals surface area contributed by atoms with E-state index in [0.29, 0.717) is 18.6 Å². The van der Waals surface area contributed by atoms with Gasteiger partial charge in [-0.1, -0.05) is 6.07 Å². The zero-order chi connectivity index (χ0) is 11.0. The third-order valence-electron chi connectivity index (χ3n) is 3.05. The van der Waals surface area contributed by atoms with Gasteiger partial charge in [-0.2, -0.15) is 0 Å². The molecule has 1 saturated heterocycles. The number of pyridine rings is 1. The lowest BCUT2D eigenvalue weighted by Crippen LogP contribution is -2.34. The third kappa shape index (κ3) is 1.46. The summed E-state index contributed by atoms with van der Waals surface area (Å²) in [4.78, 5) is 17.7. The topological polar surface area (TPSA) is 37.6 Å². The fourth-order valence-electron chi connectivity index (χ4n) is 2.18. The van der Waals surface area contributed by atoms with Crippen LogP contribution in [0.1, 0.15) is 12.8 Å². The molecule has 0 spiro atoms. The van der Waals surface area contributed by atoms with Crippen molar-refractivity contribution >= 4 is 17.2 Å². The molecule has 4 nitrogen and oxygen atoms in total. The molecule has 0 N–H and O–H groups in total. The van der Waals surface area contributed by atoms with Gasteiger partial charge in [-0.15, -0.1) is 0 Å². The number of ketones is 1. The number of imidazole rings is 1. The first-order chi connectivity index (χ1) is 7.84. The zero-order valence-corrected chi connectivity index (χ0v) is 8.97. The molecule has 3 heterocycles. The van der Waals surface area contributed by atoms with Crippen molar-refractivity contribution in [3.63, 3.8) is 0 Å². The highest BCUT2D eigenvalue weighted by Gasteiger charge is 2.17. The Bertz CT molecular complexity index is 522. The van der Waals surface area contributed by atoms with Crippen LogP contribution in [0.3, 0.4) is 0 Å². The van der Waals surface area contributed by atoms with E-state index in [9.17, 15) is 4.79 Å². The number of hydrogen-bond acceptors (Lipinski definition) is 3. The molecule has 0 bridgehead atoms. The van der Waals surface area contributed by atoms with Gasteiger partial charge in [0.1, 0.15) is 17.2 Å². The highest BCUT2D eigenvalue weighted by Crippen LogP contribution is 2.19. The minimum atomic E-state index is 0.369. The average Bonchev–Trinajstić information content (AvgIpc) is 2.78. The van der Waals surface area contributed by atoms with Crippen LogP contribution in [0, 0.1) is 0 Å². The minimum absolute atomic E-state index is 0.369. The van der Waals surface area contributed by atoms with Crippen molar-refractivity contribution in [3.05, 3.63) is 30.6 Å². The predicted octanol–water partition coefficient (Wildman–Crippen LogP) is 1.50. The Morgan fingerprint density at radius 2 is 2.00 bits per heavy atom. The van der Waals surface area contributed by atoms with Gasteiger partial charge in [0.25, 0.3) is 0 Å². The number of aromatic nitrogens is 2. The summed E-state index contributed by atoms with van der Waals surface area (Å²) in [5.74, 6) is 1.50. The van der Waals surface area contributed by atoms with Crippen molar-refractivity contribution in [1.29, 1.82) is 0 Å². The summed E-state index contributed by atoms with van der Waals surface area (Å²) in [6.45, 7) is 1.63. The average molecular weight is 215 g/mol. The second kappa shape index (κ2) is 3.63. The Kier molecular flexibility index (Phi) is 2.13. The molecule has 0 unspecified atom stereocenters. The van der Waals surface area contributed by atoms with Gasteiger partial charge in [0.2, 0.25) is 0 Å². The van der Waals surface area contributed by atoms with Crippen LogP contribution in [0.25, 0.3) is 5.65 Å². The number of carbonyl (C=O) groups excluding carboxylic acids is 1. The molecule has 4 heteroatoms. The molecular formula is C12H13N3O. The molecule has 0 atom stereocenters. The zero-order valence-electron chi connectivity index (χ0n) is 8.97. The number of rotatable bonds is 1. The van der Waals surface area contributed by atoms with Gasteiger partial charge in [0, 0.05) is 38.3 Å². The summed E-state index contributed by atoms with van der Waals surface area (Å²) in [5, 5.41) is 0. The summed E-state index contributed by atoms with van der Waals surface area (Å²) < 4.78 is 2.07. The highest BCUT2D eigenvalue weighted by atomic mass is 16.1. The number of hydrogen-bond donors (Lipinski definition) is 0. The second-order valence-electron chi connectivity index (χ2n) is 4.07. The molecule has 3 rings (SSSR count). The fourth-order valence-corrected chi connectivity index (χ4v) is 2.18. The molecule has 0 radical (unpaired) electrons. The minimum Gasteiger partial charge on any atom is -0.357 e. The molecule has 2 aromatic rings. The van der Waals surface area contributed by atoms with Gasteiger partial charge in [0.05, 0.1) is 0 Å². The first kappa shape index (κ1) is 9.39. The fraction of sp³-hybridized carbons (Fsp3) is 0.333. The Balaban J connectivity index is 1.99. The number of anilines is 1. The van der Waals surface area contributed by atoms with Crippen LogP contribution in [0.15, 0.2) is 30.6 Å². The van der Waals surface area contributed by atoms with Crippen LogP contribution in [-0.2, 0) is 4.79 Å². The van der Waals surface area contributed by atoms with Crippen molar-refractivity contribution in [2.45, 2.75) is 12.8 Å². The Morgan fingerprint density at radius 1 is 1.19 bits per heavy atom. The number of fused-ring (bicyclic) bond motifs is 1. The van der Waals surface area contributed by atoms with Crippen LogP contribution in [-0.4, -0.2) is 28.3 Å². The first-order valence-electron chi connectivity index (χ1n) is 5.53. The smallest absolute Gasteiger partial charge is 0.138 e. The van der Waals surface area contributed by atoms with E-state index >= 15 is 0 Å². The molecule has 1 aliphatic rings. The number of Topliss-reactive ketones (excluding diaryl/α,β-unsaturated/α-hetero) is 1. The van der Waals surface area contributed by atoms with Gasteiger partial charge < -0.3 is 4.90 Å². The maximum Gasteiger partial charge on any atom is 0.138 e. The molecule has 1 fully saturated rings. The summed E-state index contributed by atoms with van der Waals surface area (Å²) in [7, 11) is 0. The molecular weight excluding hydrogens is 202 g/mol. The van der Waals surface area contributed by atoms with Gasteiger partial charge in [-0.3, -0.25) is 9.20 Å². The lowest BCUT2D eigenvalue weighted by atomic mass is 10.1. The highest BCUT2D eigenvalue weighted by molar-refractivity contribution is 5.80. The molecule has 2 aromatic heterocycles. The Hall–Kier alpha value is -1.84. The Labute approximate surface area is 93.5 Å². The summed E-state index contributed by atoms with van der Waals surface area (Å²) in [6.07, 6.45) is 5.07. The third-order valence-corrected chi connectivity index (χ3v) is 3.05. The number of nitrogens with zero attached hydrogens (tertiary/aromatic N) is 3. The molecule has 0 amide bonds. The van der Waals surface area contributed by atoms with E-state index in [-0.39, 0.29) is 0 Å². The van der Waals surface area contributed by atoms with Gasteiger partial charge in [0.15, 0.2) is 0 Å². The largest absolute Gasteiger partial charge is 0.357 e. The Morgan fingerprint density at radius 3 is 2.81 bits per heavy atom. The van der Waals surface area contributed by atoms with E-state index in [4.69, 9.17) is 0 Å². The number of piperidine rings is 1. The van der Waals surface area contributed by atoms with Crippen LogP contribution in [0.2, 0.25) is 0 Å². The van der Waals surface area contributed by atoms with Crippen molar-refractivity contribution < 1.29 is 4.79 Å². The standard InChI is InChI=1S/C12H13N3O/c16-10-4-7-14(8-5-10)12-3-1-2-11-13-6-9-15(11)12/h1-3,6,9H,4-5,7-8H2. The second-order valence-corrected chi connectivity index (χ2v) is 4.07.